The van der Waals surface area contributed by atoms with Crippen LogP contribution in [0.4, 0.5) is 22.7 Å². The predicted molar refractivity (Wildman–Crippen MR) is 156 cm³/mol. The van der Waals surface area contributed by atoms with Crippen molar-refractivity contribution in [2.75, 3.05) is 76.7 Å². The van der Waals surface area contributed by atoms with E-state index in [1.165, 1.54) is 0 Å². The molecule has 13 heteroatoms. The van der Waals surface area contributed by atoms with E-state index in [9.17, 15) is 9.90 Å². The van der Waals surface area contributed by atoms with Crippen LogP contribution in [0.25, 0.3) is 0 Å². The van der Waals surface area contributed by atoms with Gasteiger partial charge in [-0.25, -0.2) is 9.78 Å². The first-order chi connectivity index (χ1) is 19.1. The normalized spacial score (nSPS) is 13.8. The summed E-state index contributed by atoms with van der Waals surface area (Å²) < 4.78 is 16.5. The zero-order valence-corrected chi connectivity index (χ0v) is 24.8. The van der Waals surface area contributed by atoms with Gasteiger partial charge in [0.1, 0.15) is 16.5 Å². The number of thiazole rings is 1. The van der Waals surface area contributed by atoms with Crippen molar-refractivity contribution in [1.82, 2.24) is 19.9 Å². The van der Waals surface area contributed by atoms with Crippen LogP contribution in [0.1, 0.15) is 40.7 Å². The lowest BCUT2D eigenvalue weighted by atomic mass is 10.1. The molecule has 216 valence electrons. The van der Waals surface area contributed by atoms with Gasteiger partial charge in [0.05, 0.1) is 27.0 Å². The Morgan fingerprint density at radius 3 is 2.23 bits per heavy atom. The molecule has 40 heavy (non-hydrogen) atoms. The van der Waals surface area contributed by atoms with Gasteiger partial charge in [-0.2, -0.15) is 9.97 Å². The molecule has 4 rings (SSSR count). The zero-order chi connectivity index (χ0) is 29.0. The number of hydrogen-bond acceptors (Lipinski definition) is 12. The van der Waals surface area contributed by atoms with Gasteiger partial charge in [0.15, 0.2) is 16.6 Å². The quantitative estimate of drug-likeness (QED) is 0.347. The highest BCUT2D eigenvalue weighted by Crippen LogP contribution is 2.39. The lowest BCUT2D eigenvalue weighted by Gasteiger charge is -2.33. The van der Waals surface area contributed by atoms with Crippen LogP contribution in [0.15, 0.2) is 18.2 Å². The van der Waals surface area contributed by atoms with Gasteiger partial charge in [0, 0.05) is 45.8 Å². The summed E-state index contributed by atoms with van der Waals surface area (Å²) in [6, 6.07) is 5.80. The zero-order valence-electron chi connectivity index (χ0n) is 24.0. The number of hydrogen-bond donors (Lipinski definition) is 2. The topological polar surface area (TPSA) is 125 Å². The molecule has 2 N–H and O–H groups in total. The number of nitrogens with zero attached hydrogens (tertiary/aromatic N) is 6. The molecule has 0 aliphatic carbocycles. The second-order valence-corrected chi connectivity index (χ2v) is 10.9. The first kappa shape index (κ1) is 29.2. The lowest BCUT2D eigenvalue weighted by Crippen LogP contribution is -2.45. The summed E-state index contributed by atoms with van der Waals surface area (Å²) in [7, 11) is 8.82. The van der Waals surface area contributed by atoms with E-state index in [1.807, 2.05) is 44.0 Å². The summed E-state index contributed by atoms with van der Waals surface area (Å²) in [5.74, 6) is 2.50. The van der Waals surface area contributed by atoms with E-state index in [-0.39, 0.29) is 10.8 Å². The minimum Gasteiger partial charge on any atom is -0.493 e. The monoisotopic (exact) mass is 571 g/mol. The predicted octanol–water partition coefficient (Wildman–Crippen LogP) is 3.91. The SMILES string of the molecule is COc1cc(CN(C)c2cc(N3CCN(C)CC3)nc(Nc3nc(C(C)C)c(C(=O)O)s3)n2)cc(OC)c1OC. The first-order valence-electron chi connectivity index (χ1n) is 13.0. The highest BCUT2D eigenvalue weighted by molar-refractivity contribution is 7.17. The van der Waals surface area contributed by atoms with E-state index >= 15 is 0 Å². The number of anilines is 4. The summed E-state index contributed by atoms with van der Waals surface area (Å²) >= 11 is 1.09. The van der Waals surface area contributed by atoms with Crippen molar-refractivity contribution in [2.24, 2.45) is 0 Å². The van der Waals surface area contributed by atoms with Crippen LogP contribution in [0.3, 0.4) is 0 Å². The number of aromatic nitrogens is 3. The standard InChI is InChI=1S/C27H37N7O5S/c1-16(2)22-24(25(35)36)40-27(30-22)31-26-28-20(14-21(29-26)34-10-8-32(3)9-11-34)33(4)15-17-12-18(37-5)23(39-7)19(13-17)38-6/h12-14,16H,8-11,15H2,1-7H3,(H,35,36)(H,28,29,30,31). The average Bonchev–Trinajstić information content (AvgIpc) is 3.37. The Bertz CT molecular complexity index is 1320. The molecule has 1 aromatic carbocycles. The molecule has 1 aliphatic heterocycles. The number of likely N-dealkylation sites (N-methyl/N-ethyl adjacent to an activating group) is 1. The molecule has 0 saturated carbocycles. The fourth-order valence-corrected chi connectivity index (χ4v) is 5.43. The molecule has 1 fully saturated rings. The highest BCUT2D eigenvalue weighted by Gasteiger charge is 2.23. The molecule has 3 heterocycles. The van der Waals surface area contributed by atoms with Crippen LogP contribution in [-0.2, 0) is 6.54 Å². The molecular formula is C27H37N7O5S. The van der Waals surface area contributed by atoms with E-state index < -0.39 is 5.97 Å². The van der Waals surface area contributed by atoms with E-state index in [2.05, 4.69) is 27.1 Å². The third-order valence-corrected chi connectivity index (χ3v) is 7.65. The minimum absolute atomic E-state index is 0.0318. The minimum atomic E-state index is -0.993. The fourth-order valence-electron chi connectivity index (χ4n) is 4.48. The summed E-state index contributed by atoms with van der Waals surface area (Å²) in [6.45, 7) is 7.87. The van der Waals surface area contributed by atoms with Gasteiger partial charge in [0.25, 0.3) is 0 Å². The molecular weight excluding hydrogens is 534 g/mol. The van der Waals surface area contributed by atoms with Crippen LogP contribution in [0.5, 0.6) is 17.2 Å². The van der Waals surface area contributed by atoms with Crippen molar-refractivity contribution >= 4 is 40.0 Å². The molecule has 0 bridgehead atoms. The van der Waals surface area contributed by atoms with Crippen molar-refractivity contribution in [3.8, 4) is 17.2 Å². The Balaban J connectivity index is 1.68. The van der Waals surface area contributed by atoms with Gasteiger partial charge < -0.3 is 34.0 Å². The second-order valence-electron chi connectivity index (χ2n) is 9.91. The lowest BCUT2D eigenvalue weighted by molar-refractivity contribution is 0.0700. The summed E-state index contributed by atoms with van der Waals surface area (Å²) in [6.07, 6.45) is 0. The summed E-state index contributed by atoms with van der Waals surface area (Å²) in [5, 5.41) is 13.3. The Kier molecular flexibility index (Phi) is 9.15. The molecule has 0 spiro atoms. The largest absolute Gasteiger partial charge is 0.493 e. The molecule has 12 nitrogen and oxygen atoms in total. The van der Waals surface area contributed by atoms with Gasteiger partial charge in [-0.05, 0) is 30.7 Å². The van der Waals surface area contributed by atoms with E-state index in [0.717, 1.165) is 48.9 Å². The molecule has 1 saturated heterocycles. The third-order valence-electron chi connectivity index (χ3n) is 6.67. The number of piperazine rings is 1. The maximum atomic E-state index is 11.8. The Hall–Kier alpha value is -3.84. The molecule has 1 aliphatic rings. The van der Waals surface area contributed by atoms with Gasteiger partial charge in [-0.15, -0.1) is 0 Å². The van der Waals surface area contributed by atoms with E-state index in [0.29, 0.717) is 46.4 Å². The van der Waals surface area contributed by atoms with Gasteiger partial charge >= 0.3 is 5.97 Å². The molecule has 3 aromatic rings. The number of nitrogens with one attached hydrogen (secondary N) is 1. The number of benzene rings is 1. The van der Waals surface area contributed by atoms with Crippen LogP contribution in [0, 0.1) is 0 Å². The van der Waals surface area contributed by atoms with Crippen molar-refractivity contribution < 1.29 is 24.1 Å². The molecule has 2 aromatic heterocycles. The van der Waals surface area contributed by atoms with E-state index in [1.54, 1.807) is 21.3 Å². The van der Waals surface area contributed by atoms with Gasteiger partial charge in [-0.3, -0.25) is 5.32 Å². The molecule has 0 unspecified atom stereocenters. The fraction of sp³-hybridized carbons (Fsp3) is 0.481. The van der Waals surface area contributed by atoms with Crippen LogP contribution in [0.2, 0.25) is 0 Å². The molecule has 0 radical (unpaired) electrons. The van der Waals surface area contributed by atoms with Crippen molar-refractivity contribution in [1.29, 1.82) is 0 Å². The van der Waals surface area contributed by atoms with Crippen molar-refractivity contribution in [3.05, 3.63) is 34.3 Å². The van der Waals surface area contributed by atoms with Crippen molar-refractivity contribution in [2.45, 2.75) is 26.3 Å². The number of rotatable bonds is 11. The first-order valence-corrected chi connectivity index (χ1v) is 13.8. The Morgan fingerprint density at radius 2 is 1.70 bits per heavy atom. The van der Waals surface area contributed by atoms with Gasteiger partial charge in [-0.1, -0.05) is 25.2 Å². The Labute approximate surface area is 238 Å². The summed E-state index contributed by atoms with van der Waals surface area (Å²) in [5.41, 5.74) is 1.48. The van der Waals surface area contributed by atoms with E-state index in [4.69, 9.17) is 24.2 Å². The molecule has 0 atom stereocenters. The molecule has 0 amide bonds. The third kappa shape index (κ3) is 6.48. The number of carbonyl (C=O) groups is 1. The Morgan fingerprint density at radius 1 is 1.05 bits per heavy atom. The number of methoxy groups -OCH3 is 3. The maximum Gasteiger partial charge on any atom is 0.347 e. The summed E-state index contributed by atoms with van der Waals surface area (Å²) in [4.78, 5) is 32.7. The van der Waals surface area contributed by atoms with Crippen molar-refractivity contribution in [3.63, 3.8) is 0 Å². The van der Waals surface area contributed by atoms with Crippen LogP contribution >= 0.6 is 11.3 Å². The maximum absolute atomic E-state index is 11.8. The van der Waals surface area contributed by atoms with Gasteiger partial charge in [0.2, 0.25) is 11.7 Å². The number of aromatic carboxylic acids is 1. The highest BCUT2D eigenvalue weighted by atomic mass is 32.1. The second kappa shape index (κ2) is 12.6. The average molecular weight is 572 g/mol. The number of ether oxygens (including phenoxy) is 3. The smallest absolute Gasteiger partial charge is 0.347 e. The van der Waals surface area contributed by atoms with Crippen LogP contribution < -0.4 is 29.3 Å². The van der Waals surface area contributed by atoms with Crippen LogP contribution in [-0.4, -0.2) is 92.5 Å². The number of carboxylic acids is 1. The number of carboxylic acid groups (broad SMARTS) is 1.